The highest BCUT2D eigenvalue weighted by Gasteiger charge is 2.13. The summed E-state index contributed by atoms with van der Waals surface area (Å²) in [4.78, 5) is 2.14. The number of rotatable bonds is 5. The second kappa shape index (κ2) is 6.14. The average Bonchev–Trinajstić information content (AvgIpc) is 2.30. The van der Waals surface area contributed by atoms with E-state index in [0.29, 0.717) is 12.5 Å². The van der Waals surface area contributed by atoms with Crippen molar-refractivity contribution in [1.29, 1.82) is 5.26 Å². The largest absolute Gasteiger partial charge is 0.497 e. The van der Waals surface area contributed by atoms with E-state index in [9.17, 15) is 0 Å². The maximum atomic E-state index is 8.64. The quantitative estimate of drug-likeness (QED) is 0.762. The molecule has 0 aliphatic heterocycles. The normalized spacial score (nSPS) is 12.2. The van der Waals surface area contributed by atoms with Crippen molar-refractivity contribution in [3.63, 3.8) is 0 Å². The van der Waals surface area contributed by atoms with Crippen LogP contribution in [0.15, 0.2) is 24.3 Å². The summed E-state index contributed by atoms with van der Waals surface area (Å²) < 4.78 is 5.12. The van der Waals surface area contributed by atoms with E-state index in [1.807, 2.05) is 26.2 Å². The molecule has 0 saturated heterocycles. The number of ether oxygens (including phenoxy) is 1. The number of benzene rings is 1. The van der Waals surface area contributed by atoms with Crippen LogP contribution in [-0.2, 0) is 0 Å². The Kier molecular flexibility index (Phi) is 4.81. The van der Waals surface area contributed by atoms with Crippen LogP contribution in [0.5, 0.6) is 5.75 Å². The van der Waals surface area contributed by atoms with Gasteiger partial charge in [0.15, 0.2) is 0 Å². The second-order valence-corrected chi connectivity index (χ2v) is 3.95. The maximum absolute atomic E-state index is 8.64. The molecule has 3 heteroatoms. The summed E-state index contributed by atoms with van der Waals surface area (Å²) in [5.74, 6) is 0.863. The summed E-state index contributed by atoms with van der Waals surface area (Å²) >= 11 is 0. The molecule has 0 aliphatic rings. The highest BCUT2D eigenvalue weighted by molar-refractivity contribution is 5.29. The van der Waals surface area contributed by atoms with Crippen molar-refractivity contribution in [3.05, 3.63) is 29.8 Å². The predicted octanol–water partition coefficient (Wildman–Crippen LogP) is 2.60. The molecule has 0 spiro atoms. The number of nitrogens with zero attached hydrogens (tertiary/aromatic N) is 2. The van der Waals surface area contributed by atoms with E-state index < -0.39 is 0 Å². The third-order valence-electron chi connectivity index (χ3n) is 2.65. The molecule has 3 nitrogen and oxygen atoms in total. The Balaban J connectivity index is 2.80. The van der Waals surface area contributed by atoms with E-state index in [1.54, 1.807) is 7.11 Å². The molecular weight excluding hydrogens is 200 g/mol. The van der Waals surface area contributed by atoms with Gasteiger partial charge in [-0.2, -0.15) is 5.26 Å². The zero-order valence-electron chi connectivity index (χ0n) is 10.1. The summed E-state index contributed by atoms with van der Waals surface area (Å²) in [5, 5.41) is 8.64. The van der Waals surface area contributed by atoms with E-state index in [1.165, 1.54) is 5.56 Å². The van der Waals surface area contributed by atoms with E-state index in [0.717, 1.165) is 12.2 Å². The average molecular weight is 218 g/mol. The lowest BCUT2D eigenvalue weighted by atomic mass is 10.0. The highest BCUT2D eigenvalue weighted by atomic mass is 16.5. The summed E-state index contributed by atoms with van der Waals surface area (Å²) in [6.07, 6.45) is 1.44. The van der Waals surface area contributed by atoms with Crippen LogP contribution in [0, 0.1) is 11.3 Å². The minimum atomic E-state index is 0.297. The van der Waals surface area contributed by atoms with Gasteiger partial charge in [-0.15, -0.1) is 0 Å². The second-order valence-electron chi connectivity index (χ2n) is 3.95. The molecule has 0 N–H and O–H groups in total. The Bertz CT molecular complexity index is 351. The summed E-state index contributed by atoms with van der Waals surface area (Å²) in [6.45, 7) is 0. The molecule has 0 fully saturated rings. The summed E-state index contributed by atoms with van der Waals surface area (Å²) in [5.41, 5.74) is 1.22. The molecule has 0 heterocycles. The van der Waals surface area contributed by atoms with Gasteiger partial charge in [0.05, 0.1) is 13.2 Å². The van der Waals surface area contributed by atoms with Crippen LogP contribution in [0.4, 0.5) is 0 Å². The summed E-state index contributed by atoms with van der Waals surface area (Å²) in [6, 6.07) is 10.5. The van der Waals surface area contributed by atoms with Gasteiger partial charge in [-0.1, -0.05) is 12.1 Å². The number of nitriles is 1. The molecule has 0 radical (unpaired) electrons. The Morgan fingerprint density at radius 3 is 2.38 bits per heavy atom. The Hall–Kier alpha value is -1.53. The molecule has 86 valence electrons. The first-order valence-corrected chi connectivity index (χ1v) is 5.36. The lowest BCUT2D eigenvalue weighted by Gasteiger charge is -2.24. The molecule has 1 rings (SSSR count). The van der Waals surface area contributed by atoms with Crippen LogP contribution in [0.2, 0.25) is 0 Å². The van der Waals surface area contributed by atoms with Gasteiger partial charge < -0.3 is 9.64 Å². The van der Waals surface area contributed by atoms with Crippen LogP contribution in [-0.4, -0.2) is 26.1 Å². The smallest absolute Gasteiger partial charge is 0.118 e. The Morgan fingerprint density at radius 2 is 1.94 bits per heavy atom. The molecule has 1 aromatic rings. The third-order valence-corrected chi connectivity index (χ3v) is 2.65. The molecule has 0 aromatic heterocycles. The lowest BCUT2D eigenvalue weighted by Crippen LogP contribution is -2.19. The predicted molar refractivity (Wildman–Crippen MR) is 64.3 cm³/mol. The zero-order chi connectivity index (χ0) is 12.0. The van der Waals surface area contributed by atoms with E-state index >= 15 is 0 Å². The fourth-order valence-electron chi connectivity index (χ4n) is 1.75. The van der Waals surface area contributed by atoms with Gasteiger partial charge in [0.2, 0.25) is 0 Å². The van der Waals surface area contributed by atoms with Crippen molar-refractivity contribution in [1.82, 2.24) is 4.90 Å². The monoisotopic (exact) mass is 218 g/mol. The first-order chi connectivity index (χ1) is 7.69. The van der Waals surface area contributed by atoms with Gasteiger partial charge in [0, 0.05) is 12.5 Å². The highest BCUT2D eigenvalue weighted by Crippen LogP contribution is 2.25. The first-order valence-electron chi connectivity index (χ1n) is 5.36. The van der Waals surface area contributed by atoms with Crippen molar-refractivity contribution in [2.45, 2.75) is 18.9 Å². The van der Waals surface area contributed by atoms with Gasteiger partial charge in [-0.25, -0.2) is 0 Å². The molecule has 0 amide bonds. The molecule has 0 bridgehead atoms. The standard InChI is InChI=1S/C13H18N2O/c1-15(2)13(5-4-10-14)11-6-8-12(16-3)9-7-11/h6-9,13H,4-5H2,1-3H3. The van der Waals surface area contributed by atoms with Crippen LogP contribution >= 0.6 is 0 Å². The number of hydrogen-bond donors (Lipinski definition) is 0. The van der Waals surface area contributed by atoms with Crippen molar-refractivity contribution >= 4 is 0 Å². The molecule has 0 saturated carbocycles. The van der Waals surface area contributed by atoms with Crippen molar-refractivity contribution in [2.24, 2.45) is 0 Å². The SMILES string of the molecule is COc1ccc(C(CCC#N)N(C)C)cc1. The molecule has 16 heavy (non-hydrogen) atoms. The third kappa shape index (κ3) is 3.25. The van der Waals surface area contributed by atoms with E-state index in [2.05, 4.69) is 23.1 Å². The minimum absolute atomic E-state index is 0.297. The molecule has 1 atom stereocenters. The van der Waals surface area contributed by atoms with Gasteiger partial charge >= 0.3 is 0 Å². The lowest BCUT2D eigenvalue weighted by molar-refractivity contribution is 0.286. The molecule has 1 aromatic carbocycles. The topological polar surface area (TPSA) is 36.3 Å². The van der Waals surface area contributed by atoms with Crippen molar-refractivity contribution in [2.75, 3.05) is 21.2 Å². The summed E-state index contributed by atoms with van der Waals surface area (Å²) in [7, 11) is 5.73. The van der Waals surface area contributed by atoms with Crippen LogP contribution in [0.25, 0.3) is 0 Å². The molecule has 0 aliphatic carbocycles. The number of methoxy groups -OCH3 is 1. The van der Waals surface area contributed by atoms with Crippen LogP contribution in [0.1, 0.15) is 24.4 Å². The minimum Gasteiger partial charge on any atom is -0.497 e. The van der Waals surface area contributed by atoms with Crippen LogP contribution < -0.4 is 4.74 Å². The zero-order valence-corrected chi connectivity index (χ0v) is 10.1. The fourth-order valence-corrected chi connectivity index (χ4v) is 1.75. The Labute approximate surface area is 97.3 Å². The first kappa shape index (κ1) is 12.5. The Morgan fingerprint density at radius 1 is 1.31 bits per heavy atom. The van der Waals surface area contributed by atoms with Gasteiger partial charge in [-0.3, -0.25) is 0 Å². The molecule has 1 unspecified atom stereocenters. The van der Waals surface area contributed by atoms with Gasteiger partial charge in [0.25, 0.3) is 0 Å². The van der Waals surface area contributed by atoms with Gasteiger partial charge in [0.1, 0.15) is 5.75 Å². The van der Waals surface area contributed by atoms with E-state index in [-0.39, 0.29) is 0 Å². The maximum Gasteiger partial charge on any atom is 0.118 e. The van der Waals surface area contributed by atoms with E-state index in [4.69, 9.17) is 10.00 Å². The molecular formula is C13H18N2O. The van der Waals surface area contributed by atoms with Crippen molar-refractivity contribution in [3.8, 4) is 11.8 Å². The fraction of sp³-hybridized carbons (Fsp3) is 0.462. The van der Waals surface area contributed by atoms with Crippen LogP contribution in [0.3, 0.4) is 0 Å². The van der Waals surface area contributed by atoms with Crippen molar-refractivity contribution < 1.29 is 4.74 Å². The number of hydrogen-bond acceptors (Lipinski definition) is 3. The van der Waals surface area contributed by atoms with Gasteiger partial charge in [-0.05, 0) is 38.2 Å².